The average Bonchev–Trinajstić information content (AvgIpc) is 2.76. The van der Waals surface area contributed by atoms with Crippen LogP contribution in [0.5, 0.6) is 6.08 Å². The Morgan fingerprint density at radius 1 is 1.69 bits per heavy atom. The Balaban J connectivity index is 1.92. The molecule has 2 heterocycles. The van der Waals surface area contributed by atoms with Gasteiger partial charge in [-0.2, -0.15) is 4.98 Å². The highest BCUT2D eigenvalue weighted by Gasteiger charge is 2.19. The second-order valence-electron chi connectivity index (χ2n) is 2.91. The van der Waals surface area contributed by atoms with Gasteiger partial charge in [0.1, 0.15) is 12.4 Å². The number of hydrogen-bond donors (Lipinski definition) is 1. The lowest BCUT2D eigenvalue weighted by Gasteiger charge is -2.05. The predicted molar refractivity (Wildman–Crippen MR) is 44.2 cm³/mol. The van der Waals surface area contributed by atoms with Gasteiger partial charge in [0.05, 0.1) is 18.9 Å². The SMILES string of the molecule is NCc1coc(OC2CCOC2)n1. The summed E-state index contributed by atoms with van der Waals surface area (Å²) in [6.07, 6.45) is 2.76. The van der Waals surface area contributed by atoms with Crippen molar-refractivity contribution in [2.45, 2.75) is 19.1 Å². The van der Waals surface area contributed by atoms with Crippen LogP contribution in [-0.2, 0) is 11.3 Å². The van der Waals surface area contributed by atoms with Gasteiger partial charge >= 0.3 is 6.08 Å². The molecule has 1 aliphatic heterocycles. The Labute approximate surface area is 75.8 Å². The summed E-state index contributed by atoms with van der Waals surface area (Å²) in [6.45, 7) is 1.73. The lowest BCUT2D eigenvalue weighted by molar-refractivity contribution is 0.115. The highest BCUT2D eigenvalue weighted by atomic mass is 16.6. The molecular formula is C8H12N2O3. The van der Waals surface area contributed by atoms with Crippen molar-refractivity contribution < 1.29 is 13.9 Å². The molecule has 0 aromatic carbocycles. The van der Waals surface area contributed by atoms with Crippen molar-refractivity contribution in [3.05, 3.63) is 12.0 Å². The minimum Gasteiger partial charge on any atom is -0.444 e. The zero-order valence-electron chi connectivity index (χ0n) is 7.23. The smallest absolute Gasteiger partial charge is 0.394 e. The summed E-state index contributed by atoms with van der Waals surface area (Å²) in [5.74, 6) is 0. The molecule has 72 valence electrons. The summed E-state index contributed by atoms with van der Waals surface area (Å²) in [5, 5.41) is 0. The second-order valence-corrected chi connectivity index (χ2v) is 2.91. The molecule has 0 amide bonds. The van der Waals surface area contributed by atoms with E-state index in [4.69, 9.17) is 19.6 Å². The van der Waals surface area contributed by atoms with Crippen molar-refractivity contribution in [3.8, 4) is 6.08 Å². The van der Waals surface area contributed by atoms with E-state index in [0.717, 1.165) is 13.0 Å². The summed E-state index contributed by atoms with van der Waals surface area (Å²) in [4.78, 5) is 4.02. The summed E-state index contributed by atoms with van der Waals surface area (Å²) in [7, 11) is 0. The van der Waals surface area contributed by atoms with E-state index in [1.807, 2.05) is 0 Å². The van der Waals surface area contributed by atoms with Crippen molar-refractivity contribution in [1.82, 2.24) is 4.98 Å². The van der Waals surface area contributed by atoms with Gasteiger partial charge in [-0.25, -0.2) is 0 Å². The third kappa shape index (κ3) is 1.99. The van der Waals surface area contributed by atoms with Crippen LogP contribution in [0.3, 0.4) is 0 Å². The fourth-order valence-electron chi connectivity index (χ4n) is 1.18. The molecule has 1 aromatic heterocycles. The van der Waals surface area contributed by atoms with Gasteiger partial charge in [0.25, 0.3) is 0 Å². The monoisotopic (exact) mass is 184 g/mol. The van der Waals surface area contributed by atoms with Crippen LogP contribution < -0.4 is 10.5 Å². The number of oxazole rings is 1. The maximum Gasteiger partial charge on any atom is 0.394 e. The van der Waals surface area contributed by atoms with E-state index in [1.54, 1.807) is 0 Å². The Morgan fingerprint density at radius 2 is 2.62 bits per heavy atom. The molecule has 1 aromatic rings. The third-order valence-electron chi connectivity index (χ3n) is 1.90. The fourth-order valence-corrected chi connectivity index (χ4v) is 1.18. The largest absolute Gasteiger partial charge is 0.444 e. The quantitative estimate of drug-likeness (QED) is 0.731. The van der Waals surface area contributed by atoms with Crippen LogP contribution in [0.4, 0.5) is 0 Å². The number of rotatable bonds is 3. The first-order valence-corrected chi connectivity index (χ1v) is 4.27. The Bertz CT molecular complexity index is 268. The van der Waals surface area contributed by atoms with Gasteiger partial charge in [0, 0.05) is 13.0 Å². The van der Waals surface area contributed by atoms with E-state index in [9.17, 15) is 0 Å². The van der Waals surface area contributed by atoms with E-state index in [1.165, 1.54) is 6.26 Å². The van der Waals surface area contributed by atoms with E-state index in [-0.39, 0.29) is 12.2 Å². The molecule has 1 saturated heterocycles. The normalized spacial score (nSPS) is 22.1. The van der Waals surface area contributed by atoms with Crippen molar-refractivity contribution in [3.63, 3.8) is 0 Å². The van der Waals surface area contributed by atoms with E-state index >= 15 is 0 Å². The van der Waals surface area contributed by atoms with Crippen molar-refractivity contribution >= 4 is 0 Å². The number of ether oxygens (including phenoxy) is 2. The third-order valence-corrected chi connectivity index (χ3v) is 1.90. The highest BCUT2D eigenvalue weighted by Crippen LogP contribution is 2.15. The van der Waals surface area contributed by atoms with Crippen LogP contribution >= 0.6 is 0 Å². The molecule has 0 aliphatic carbocycles. The number of nitrogens with zero attached hydrogens (tertiary/aromatic N) is 1. The first-order chi connectivity index (χ1) is 6.38. The van der Waals surface area contributed by atoms with Gasteiger partial charge in [-0.3, -0.25) is 0 Å². The summed E-state index contributed by atoms with van der Waals surface area (Å²) in [5.41, 5.74) is 6.07. The molecule has 0 saturated carbocycles. The maximum atomic E-state index is 5.40. The molecule has 0 radical (unpaired) electrons. The standard InChI is InChI=1S/C8H12N2O3/c9-3-6-4-12-8(10-6)13-7-1-2-11-5-7/h4,7H,1-3,5,9H2. The average molecular weight is 184 g/mol. The summed E-state index contributed by atoms with van der Waals surface area (Å²) < 4.78 is 15.6. The minimum atomic E-state index is 0.0734. The van der Waals surface area contributed by atoms with Crippen LogP contribution in [0, 0.1) is 0 Å². The molecule has 13 heavy (non-hydrogen) atoms. The Morgan fingerprint density at radius 3 is 3.23 bits per heavy atom. The lowest BCUT2D eigenvalue weighted by Crippen LogP contribution is -2.15. The van der Waals surface area contributed by atoms with Crippen LogP contribution in [-0.4, -0.2) is 24.3 Å². The Hall–Kier alpha value is -1.07. The first kappa shape index (κ1) is 8.52. The number of hydrogen-bond acceptors (Lipinski definition) is 5. The molecule has 1 atom stereocenters. The first-order valence-electron chi connectivity index (χ1n) is 4.27. The van der Waals surface area contributed by atoms with E-state index < -0.39 is 0 Å². The maximum absolute atomic E-state index is 5.40. The molecule has 2 rings (SSSR count). The van der Waals surface area contributed by atoms with E-state index in [0.29, 0.717) is 18.8 Å². The van der Waals surface area contributed by atoms with Gasteiger partial charge in [-0.1, -0.05) is 0 Å². The molecular weight excluding hydrogens is 172 g/mol. The van der Waals surface area contributed by atoms with E-state index in [2.05, 4.69) is 4.98 Å². The predicted octanol–water partition coefficient (Wildman–Crippen LogP) is 0.301. The van der Waals surface area contributed by atoms with Crippen LogP contribution in [0.25, 0.3) is 0 Å². The minimum absolute atomic E-state index is 0.0734. The van der Waals surface area contributed by atoms with Gasteiger partial charge in [-0.05, 0) is 0 Å². The van der Waals surface area contributed by atoms with Crippen molar-refractivity contribution in [2.75, 3.05) is 13.2 Å². The van der Waals surface area contributed by atoms with Crippen molar-refractivity contribution in [1.29, 1.82) is 0 Å². The molecule has 5 nitrogen and oxygen atoms in total. The van der Waals surface area contributed by atoms with Gasteiger partial charge < -0.3 is 19.6 Å². The Kier molecular flexibility index (Phi) is 2.47. The molecule has 0 spiro atoms. The van der Waals surface area contributed by atoms with Gasteiger partial charge in [0.2, 0.25) is 0 Å². The van der Waals surface area contributed by atoms with Gasteiger partial charge in [0.15, 0.2) is 0 Å². The van der Waals surface area contributed by atoms with Crippen LogP contribution in [0.15, 0.2) is 10.7 Å². The molecule has 1 unspecified atom stereocenters. The van der Waals surface area contributed by atoms with Gasteiger partial charge in [-0.15, -0.1) is 0 Å². The fraction of sp³-hybridized carbons (Fsp3) is 0.625. The summed E-state index contributed by atoms with van der Waals surface area (Å²) in [6, 6.07) is 0. The van der Waals surface area contributed by atoms with Crippen LogP contribution in [0.1, 0.15) is 12.1 Å². The summed E-state index contributed by atoms with van der Waals surface area (Å²) >= 11 is 0. The molecule has 1 fully saturated rings. The zero-order chi connectivity index (χ0) is 9.10. The topological polar surface area (TPSA) is 70.5 Å². The molecule has 5 heteroatoms. The molecule has 0 bridgehead atoms. The van der Waals surface area contributed by atoms with Crippen LogP contribution in [0.2, 0.25) is 0 Å². The number of nitrogens with two attached hydrogens (primary N) is 1. The van der Waals surface area contributed by atoms with Crippen molar-refractivity contribution in [2.24, 2.45) is 5.73 Å². The lowest BCUT2D eigenvalue weighted by atomic mass is 10.3. The highest BCUT2D eigenvalue weighted by molar-refractivity contribution is 4.99. The molecule has 2 N–H and O–H groups in total. The second kappa shape index (κ2) is 3.76. The number of aromatic nitrogens is 1. The molecule has 1 aliphatic rings. The zero-order valence-corrected chi connectivity index (χ0v) is 7.23.